The van der Waals surface area contributed by atoms with Gasteiger partial charge in [-0.1, -0.05) is 0 Å². The van der Waals surface area contributed by atoms with E-state index < -0.39 is 48.3 Å². The standard InChI is InChI=1S/C18H13F5N4O2/c19-9-17(7-14(18(21,22)23)29-16(25)27-17)12-6-11(1-2-13(12)20)28-15-5-10(8-24)3-4-26-15/h1-6,14H,7,9H2,(H2,25,27)/t14-,17+/m0/s1. The summed E-state index contributed by atoms with van der Waals surface area (Å²) in [5, 5.41) is 8.91. The van der Waals surface area contributed by atoms with Gasteiger partial charge in [-0.3, -0.25) is 0 Å². The molecule has 2 N–H and O–H groups in total. The highest BCUT2D eigenvalue weighted by Gasteiger charge is 2.52. The first-order valence-electron chi connectivity index (χ1n) is 8.15. The molecule has 2 aromatic rings. The van der Waals surface area contributed by atoms with E-state index in [1.54, 1.807) is 0 Å². The van der Waals surface area contributed by atoms with Crippen molar-refractivity contribution < 1.29 is 31.4 Å². The molecule has 2 heterocycles. The number of rotatable bonds is 4. The summed E-state index contributed by atoms with van der Waals surface area (Å²) in [4.78, 5) is 7.53. The first-order valence-corrected chi connectivity index (χ1v) is 8.15. The predicted molar refractivity (Wildman–Crippen MR) is 90.2 cm³/mol. The predicted octanol–water partition coefficient (Wildman–Crippen LogP) is 3.72. The van der Waals surface area contributed by atoms with Gasteiger partial charge in [-0.15, -0.1) is 0 Å². The molecule has 0 fully saturated rings. The first-order chi connectivity index (χ1) is 13.7. The minimum Gasteiger partial charge on any atom is -0.452 e. The number of amidine groups is 1. The fourth-order valence-corrected chi connectivity index (χ4v) is 2.87. The minimum absolute atomic E-state index is 0.0148. The number of benzene rings is 1. The Hall–Kier alpha value is -3.42. The number of nitrogens with zero attached hydrogens (tertiary/aromatic N) is 3. The van der Waals surface area contributed by atoms with Crippen LogP contribution >= 0.6 is 0 Å². The van der Waals surface area contributed by atoms with Crippen LogP contribution < -0.4 is 10.5 Å². The maximum absolute atomic E-state index is 14.5. The van der Waals surface area contributed by atoms with Crippen molar-refractivity contribution in [1.82, 2.24) is 4.98 Å². The smallest absolute Gasteiger partial charge is 0.425 e. The zero-order chi connectivity index (χ0) is 21.2. The van der Waals surface area contributed by atoms with Crippen molar-refractivity contribution in [3.05, 3.63) is 53.5 Å². The highest BCUT2D eigenvalue weighted by molar-refractivity contribution is 5.73. The van der Waals surface area contributed by atoms with Gasteiger partial charge in [0, 0.05) is 24.2 Å². The quantitative estimate of drug-likeness (QED) is 0.773. The molecule has 0 unspecified atom stereocenters. The van der Waals surface area contributed by atoms with E-state index in [0.717, 1.165) is 12.1 Å². The van der Waals surface area contributed by atoms with Crippen molar-refractivity contribution in [3.8, 4) is 17.7 Å². The molecule has 1 aromatic heterocycles. The summed E-state index contributed by atoms with van der Waals surface area (Å²) in [5.74, 6) is -1.05. The lowest BCUT2D eigenvalue weighted by Crippen LogP contribution is -2.48. The second-order valence-electron chi connectivity index (χ2n) is 6.21. The molecule has 152 valence electrons. The van der Waals surface area contributed by atoms with Crippen molar-refractivity contribution in [2.45, 2.75) is 24.2 Å². The van der Waals surface area contributed by atoms with Gasteiger partial charge in [0.2, 0.25) is 5.88 Å². The molecule has 3 rings (SSSR count). The van der Waals surface area contributed by atoms with Gasteiger partial charge in [0.15, 0.2) is 6.10 Å². The number of aromatic nitrogens is 1. The second kappa shape index (κ2) is 7.54. The molecule has 11 heteroatoms. The van der Waals surface area contributed by atoms with Crippen molar-refractivity contribution in [2.24, 2.45) is 10.7 Å². The molecule has 0 bridgehead atoms. The van der Waals surface area contributed by atoms with Crippen LogP contribution in [0, 0.1) is 17.1 Å². The first kappa shape index (κ1) is 20.3. The molecule has 0 saturated carbocycles. The van der Waals surface area contributed by atoms with E-state index in [9.17, 15) is 22.0 Å². The summed E-state index contributed by atoms with van der Waals surface area (Å²) in [6, 6.07) is 6.82. The highest BCUT2D eigenvalue weighted by atomic mass is 19.4. The Morgan fingerprint density at radius 3 is 2.72 bits per heavy atom. The lowest BCUT2D eigenvalue weighted by molar-refractivity contribution is -0.209. The average Bonchev–Trinajstić information content (AvgIpc) is 2.68. The summed E-state index contributed by atoms with van der Waals surface area (Å²) < 4.78 is 77.7. The largest absolute Gasteiger partial charge is 0.452 e. The Balaban J connectivity index is 2.01. The van der Waals surface area contributed by atoms with E-state index >= 15 is 0 Å². The van der Waals surface area contributed by atoms with Crippen LogP contribution in [0.2, 0.25) is 0 Å². The van der Waals surface area contributed by atoms with Crippen LogP contribution in [0.25, 0.3) is 0 Å². The zero-order valence-electron chi connectivity index (χ0n) is 14.6. The van der Waals surface area contributed by atoms with Gasteiger partial charge in [0.25, 0.3) is 6.02 Å². The fraction of sp³-hybridized carbons (Fsp3) is 0.278. The molecule has 0 radical (unpaired) electrons. The van der Waals surface area contributed by atoms with E-state index in [1.807, 2.05) is 6.07 Å². The van der Waals surface area contributed by atoms with E-state index in [0.29, 0.717) is 0 Å². The third kappa shape index (κ3) is 4.21. The normalized spacial score (nSPS) is 21.7. The van der Waals surface area contributed by atoms with E-state index in [2.05, 4.69) is 14.7 Å². The molecule has 1 aliphatic rings. The molecule has 1 aliphatic heterocycles. The number of halogens is 5. The van der Waals surface area contributed by atoms with Gasteiger partial charge in [-0.25, -0.2) is 18.8 Å². The van der Waals surface area contributed by atoms with Gasteiger partial charge in [-0.05, 0) is 24.3 Å². The maximum atomic E-state index is 14.5. The molecular weight excluding hydrogens is 399 g/mol. The Labute approximate surface area is 161 Å². The molecule has 6 nitrogen and oxygen atoms in total. The Morgan fingerprint density at radius 1 is 1.31 bits per heavy atom. The molecule has 0 spiro atoms. The van der Waals surface area contributed by atoms with Crippen LogP contribution in [0.1, 0.15) is 17.5 Å². The molecule has 2 atom stereocenters. The van der Waals surface area contributed by atoms with Gasteiger partial charge in [-0.2, -0.15) is 18.4 Å². The summed E-state index contributed by atoms with van der Waals surface area (Å²) in [6.45, 7) is -1.45. The molecule has 1 aromatic carbocycles. The number of pyridine rings is 1. The van der Waals surface area contributed by atoms with Crippen LogP contribution in [0.5, 0.6) is 11.6 Å². The third-order valence-electron chi connectivity index (χ3n) is 4.22. The van der Waals surface area contributed by atoms with Gasteiger partial charge < -0.3 is 15.2 Å². The number of hydrogen-bond donors (Lipinski definition) is 1. The number of alkyl halides is 4. The summed E-state index contributed by atoms with van der Waals surface area (Å²) in [5.41, 5.74) is 2.84. The number of nitrogens with two attached hydrogens (primary N) is 1. The number of nitriles is 1. The van der Waals surface area contributed by atoms with Crippen LogP contribution in [0.4, 0.5) is 22.0 Å². The lowest BCUT2D eigenvalue weighted by atomic mass is 9.84. The second-order valence-corrected chi connectivity index (χ2v) is 6.21. The van der Waals surface area contributed by atoms with Gasteiger partial charge in [0.05, 0.1) is 11.6 Å². The van der Waals surface area contributed by atoms with Crippen LogP contribution in [-0.4, -0.2) is 30.0 Å². The zero-order valence-corrected chi connectivity index (χ0v) is 14.6. The maximum Gasteiger partial charge on any atom is 0.425 e. The molecule has 0 saturated heterocycles. The summed E-state index contributed by atoms with van der Waals surface area (Å²) in [7, 11) is 0. The van der Waals surface area contributed by atoms with E-state index in [4.69, 9.17) is 15.7 Å². The fourth-order valence-electron chi connectivity index (χ4n) is 2.87. The number of hydrogen-bond acceptors (Lipinski definition) is 6. The SMILES string of the molecule is N#Cc1ccnc(Oc2ccc(F)c([C@]3(CF)C[C@@H](C(F)(F)F)OC(N)=N3)c2)c1. The average molecular weight is 412 g/mol. The number of ether oxygens (including phenoxy) is 2. The van der Waals surface area contributed by atoms with Crippen LogP contribution in [0.15, 0.2) is 41.5 Å². The van der Waals surface area contributed by atoms with E-state index in [1.165, 1.54) is 24.4 Å². The Morgan fingerprint density at radius 2 is 2.07 bits per heavy atom. The molecule has 0 amide bonds. The number of aliphatic imine (C=N–C) groups is 1. The monoisotopic (exact) mass is 412 g/mol. The van der Waals surface area contributed by atoms with Gasteiger partial charge >= 0.3 is 6.18 Å². The van der Waals surface area contributed by atoms with Crippen LogP contribution in [0.3, 0.4) is 0 Å². The topological polar surface area (TPSA) is 93.5 Å². The van der Waals surface area contributed by atoms with Gasteiger partial charge in [0.1, 0.15) is 23.8 Å². The van der Waals surface area contributed by atoms with Crippen molar-refractivity contribution in [2.75, 3.05) is 6.67 Å². The third-order valence-corrected chi connectivity index (χ3v) is 4.22. The van der Waals surface area contributed by atoms with Crippen molar-refractivity contribution in [1.29, 1.82) is 5.26 Å². The minimum atomic E-state index is -4.85. The van der Waals surface area contributed by atoms with E-state index in [-0.39, 0.29) is 17.2 Å². The van der Waals surface area contributed by atoms with Crippen molar-refractivity contribution >= 4 is 6.02 Å². The van der Waals surface area contributed by atoms with Crippen molar-refractivity contribution in [3.63, 3.8) is 0 Å². The van der Waals surface area contributed by atoms with Crippen LogP contribution in [-0.2, 0) is 10.3 Å². The lowest BCUT2D eigenvalue weighted by Gasteiger charge is -2.36. The molecule has 29 heavy (non-hydrogen) atoms. The Kier molecular flexibility index (Phi) is 5.28. The highest BCUT2D eigenvalue weighted by Crippen LogP contribution is 2.42. The summed E-state index contributed by atoms with van der Waals surface area (Å²) in [6.07, 6.45) is -7.00. The Bertz CT molecular complexity index is 989. The molecule has 0 aliphatic carbocycles. The summed E-state index contributed by atoms with van der Waals surface area (Å²) >= 11 is 0. The molecular formula is C18H13F5N4O2.